The molecule has 0 radical (unpaired) electrons. The van der Waals surface area contributed by atoms with E-state index in [-0.39, 0.29) is 5.91 Å². The molecule has 0 fully saturated rings. The van der Waals surface area contributed by atoms with Crippen LogP contribution in [0.4, 0.5) is 0 Å². The smallest absolute Gasteiger partial charge is 0.262 e. The van der Waals surface area contributed by atoms with E-state index in [1.807, 2.05) is 19.3 Å². The van der Waals surface area contributed by atoms with Gasteiger partial charge in [-0.1, -0.05) is 6.92 Å². The van der Waals surface area contributed by atoms with E-state index >= 15 is 0 Å². The number of carbonyl (C=O) groups is 1. The molecule has 3 N–H and O–H groups in total. The lowest BCUT2D eigenvalue weighted by molar-refractivity contribution is -0.132. The number of carbonyl (C=O) groups excluding carboxylic acids is 1. The first-order valence-corrected chi connectivity index (χ1v) is 3.38. The molecule has 0 saturated carbocycles. The summed E-state index contributed by atoms with van der Waals surface area (Å²) in [6.07, 6.45) is 0.256. The highest BCUT2D eigenvalue weighted by atomic mass is 16.5. The van der Waals surface area contributed by atoms with Crippen molar-refractivity contribution >= 4 is 5.91 Å². The lowest BCUT2D eigenvalue weighted by atomic mass is 10.3. The van der Waals surface area contributed by atoms with Crippen LogP contribution in [0.15, 0.2) is 0 Å². The van der Waals surface area contributed by atoms with E-state index < -0.39 is 6.10 Å². The third kappa shape index (κ3) is 2.80. The number of amides is 1. The van der Waals surface area contributed by atoms with Gasteiger partial charge >= 0.3 is 0 Å². The Kier molecular flexibility index (Phi) is 4.88. The molecule has 0 aromatic carbocycles. The summed E-state index contributed by atoms with van der Waals surface area (Å²) in [6.45, 7) is 4.24. The van der Waals surface area contributed by atoms with Gasteiger partial charge in [-0.05, 0) is 13.3 Å². The van der Waals surface area contributed by atoms with Crippen molar-refractivity contribution in [3.63, 3.8) is 0 Å². The van der Waals surface area contributed by atoms with Crippen molar-refractivity contribution in [3.05, 3.63) is 0 Å². The molecular formula is C6H14N2O2. The summed E-state index contributed by atoms with van der Waals surface area (Å²) in [5.41, 5.74) is 2.04. The molecular weight excluding hydrogens is 132 g/mol. The second-order valence-electron chi connectivity index (χ2n) is 1.86. The van der Waals surface area contributed by atoms with Crippen LogP contribution in [-0.2, 0) is 9.53 Å². The number of hydrazine groups is 1. The van der Waals surface area contributed by atoms with Crippen LogP contribution in [0.3, 0.4) is 0 Å². The number of nitrogens with two attached hydrogens (primary N) is 1. The first-order valence-electron chi connectivity index (χ1n) is 3.38. The van der Waals surface area contributed by atoms with Gasteiger partial charge in [-0.15, -0.1) is 0 Å². The number of rotatable bonds is 4. The topological polar surface area (TPSA) is 64.3 Å². The zero-order chi connectivity index (χ0) is 7.98. The minimum atomic E-state index is -0.394. The number of hydrogen-bond donors (Lipinski definition) is 2. The summed E-state index contributed by atoms with van der Waals surface area (Å²) < 4.78 is 5.05. The summed E-state index contributed by atoms with van der Waals surface area (Å²) in [6, 6.07) is 0. The van der Waals surface area contributed by atoms with Crippen LogP contribution in [0, 0.1) is 0 Å². The third-order valence-corrected chi connectivity index (χ3v) is 1.17. The van der Waals surface area contributed by atoms with Gasteiger partial charge in [0.15, 0.2) is 0 Å². The van der Waals surface area contributed by atoms with Gasteiger partial charge in [0.05, 0.1) is 0 Å². The van der Waals surface area contributed by atoms with Gasteiger partial charge in [0.25, 0.3) is 5.91 Å². The fraction of sp³-hybridized carbons (Fsp3) is 0.833. The summed E-state index contributed by atoms with van der Waals surface area (Å²) in [4.78, 5) is 10.8. The molecule has 1 atom stereocenters. The number of nitrogens with one attached hydrogen (secondary N) is 1. The van der Waals surface area contributed by atoms with Crippen molar-refractivity contribution in [2.24, 2.45) is 5.84 Å². The van der Waals surface area contributed by atoms with E-state index in [1.165, 1.54) is 0 Å². The van der Waals surface area contributed by atoms with E-state index in [0.717, 1.165) is 0 Å². The number of hydrogen-bond acceptors (Lipinski definition) is 3. The molecule has 0 unspecified atom stereocenters. The highest BCUT2D eigenvalue weighted by molar-refractivity contribution is 5.79. The first kappa shape index (κ1) is 9.39. The van der Waals surface area contributed by atoms with Gasteiger partial charge < -0.3 is 4.74 Å². The molecule has 0 rings (SSSR count). The largest absolute Gasteiger partial charge is 0.369 e. The van der Waals surface area contributed by atoms with E-state index in [4.69, 9.17) is 10.6 Å². The van der Waals surface area contributed by atoms with Crippen LogP contribution in [0.5, 0.6) is 0 Å². The van der Waals surface area contributed by atoms with Crippen molar-refractivity contribution < 1.29 is 9.53 Å². The predicted octanol–water partition coefficient (Wildman–Crippen LogP) is -0.209. The third-order valence-electron chi connectivity index (χ3n) is 1.17. The quantitative estimate of drug-likeness (QED) is 0.328. The molecule has 0 bridgehead atoms. The Labute approximate surface area is 60.7 Å². The first-order chi connectivity index (χ1) is 4.76. The SMILES string of the molecule is CCO[C@@H](CC)C(=O)NN. The fourth-order valence-corrected chi connectivity index (χ4v) is 0.673. The molecule has 0 spiro atoms. The average Bonchev–Trinajstić information content (AvgIpc) is 1.99. The molecule has 10 heavy (non-hydrogen) atoms. The van der Waals surface area contributed by atoms with Gasteiger partial charge in [-0.2, -0.15) is 0 Å². The Morgan fingerprint density at radius 1 is 1.70 bits per heavy atom. The lowest BCUT2D eigenvalue weighted by Gasteiger charge is -2.11. The minimum Gasteiger partial charge on any atom is -0.369 e. The summed E-state index contributed by atoms with van der Waals surface area (Å²) in [5.74, 6) is 4.64. The zero-order valence-corrected chi connectivity index (χ0v) is 6.39. The average molecular weight is 146 g/mol. The zero-order valence-electron chi connectivity index (χ0n) is 6.39. The highest BCUT2D eigenvalue weighted by Crippen LogP contribution is 1.96. The van der Waals surface area contributed by atoms with Gasteiger partial charge in [0.1, 0.15) is 6.10 Å². The molecule has 0 aliphatic carbocycles. The van der Waals surface area contributed by atoms with Crippen LogP contribution in [0.1, 0.15) is 20.3 Å². The Morgan fingerprint density at radius 3 is 2.60 bits per heavy atom. The molecule has 4 nitrogen and oxygen atoms in total. The Bertz CT molecular complexity index is 106. The summed E-state index contributed by atoms with van der Waals surface area (Å²) >= 11 is 0. The van der Waals surface area contributed by atoms with Gasteiger partial charge in [0.2, 0.25) is 0 Å². The van der Waals surface area contributed by atoms with Crippen LogP contribution < -0.4 is 11.3 Å². The maximum Gasteiger partial charge on any atom is 0.262 e. The maximum atomic E-state index is 10.8. The molecule has 0 aromatic heterocycles. The van der Waals surface area contributed by atoms with E-state index in [2.05, 4.69) is 0 Å². The second-order valence-corrected chi connectivity index (χ2v) is 1.86. The standard InChI is InChI=1S/C6H14N2O2/c1-3-5(10-4-2)6(9)8-7/h5H,3-4,7H2,1-2H3,(H,8,9)/t5-/m0/s1. The minimum absolute atomic E-state index is 0.260. The molecule has 0 aliphatic rings. The second kappa shape index (κ2) is 5.20. The van der Waals surface area contributed by atoms with Crippen LogP contribution in [0.2, 0.25) is 0 Å². The number of ether oxygens (including phenoxy) is 1. The van der Waals surface area contributed by atoms with Crippen molar-refractivity contribution in [1.29, 1.82) is 0 Å². The monoisotopic (exact) mass is 146 g/mol. The molecule has 0 heterocycles. The van der Waals surface area contributed by atoms with Crippen LogP contribution in [0.25, 0.3) is 0 Å². The normalized spacial score (nSPS) is 12.7. The fourth-order valence-electron chi connectivity index (χ4n) is 0.673. The highest BCUT2D eigenvalue weighted by Gasteiger charge is 2.13. The Morgan fingerprint density at radius 2 is 2.30 bits per heavy atom. The van der Waals surface area contributed by atoms with E-state index in [1.54, 1.807) is 0 Å². The molecule has 0 saturated heterocycles. The van der Waals surface area contributed by atoms with Crippen molar-refractivity contribution in [3.8, 4) is 0 Å². The molecule has 0 aromatic rings. The van der Waals surface area contributed by atoms with Crippen LogP contribution >= 0.6 is 0 Å². The van der Waals surface area contributed by atoms with E-state index in [9.17, 15) is 4.79 Å². The molecule has 4 heteroatoms. The van der Waals surface area contributed by atoms with Crippen molar-refractivity contribution in [2.45, 2.75) is 26.4 Å². The maximum absolute atomic E-state index is 10.8. The Balaban J connectivity index is 3.68. The van der Waals surface area contributed by atoms with Gasteiger partial charge in [-0.3, -0.25) is 10.2 Å². The molecule has 0 aliphatic heterocycles. The van der Waals surface area contributed by atoms with Crippen molar-refractivity contribution in [2.75, 3.05) is 6.61 Å². The lowest BCUT2D eigenvalue weighted by Crippen LogP contribution is -2.40. The summed E-state index contributed by atoms with van der Waals surface area (Å²) in [7, 11) is 0. The predicted molar refractivity (Wildman–Crippen MR) is 38.0 cm³/mol. The Hall–Kier alpha value is -0.610. The molecule has 60 valence electrons. The van der Waals surface area contributed by atoms with E-state index in [0.29, 0.717) is 13.0 Å². The van der Waals surface area contributed by atoms with Crippen molar-refractivity contribution in [1.82, 2.24) is 5.43 Å². The van der Waals surface area contributed by atoms with Gasteiger partial charge in [-0.25, -0.2) is 5.84 Å². The van der Waals surface area contributed by atoms with Crippen LogP contribution in [-0.4, -0.2) is 18.6 Å². The van der Waals surface area contributed by atoms with Gasteiger partial charge in [0, 0.05) is 6.61 Å². The molecule has 1 amide bonds. The summed E-state index contributed by atoms with van der Waals surface area (Å²) in [5, 5.41) is 0.